The quantitative estimate of drug-likeness (QED) is 0.653. The minimum absolute atomic E-state index is 0.220. The normalized spacial score (nSPS) is 31.0. The summed E-state index contributed by atoms with van der Waals surface area (Å²) in [5, 5.41) is 7.87. The molecule has 34 heavy (non-hydrogen) atoms. The Kier molecular flexibility index (Phi) is 5.87. The molecule has 1 amide bonds. The highest BCUT2D eigenvalue weighted by Crippen LogP contribution is 2.56. The number of morpholine rings is 1. The van der Waals surface area contributed by atoms with Gasteiger partial charge in [-0.25, -0.2) is 9.78 Å². The van der Waals surface area contributed by atoms with E-state index in [9.17, 15) is 4.79 Å². The zero-order valence-corrected chi connectivity index (χ0v) is 21.1. The van der Waals surface area contributed by atoms with Gasteiger partial charge in [-0.2, -0.15) is 0 Å². The van der Waals surface area contributed by atoms with E-state index in [1.54, 1.807) is 0 Å². The summed E-state index contributed by atoms with van der Waals surface area (Å²) in [6.45, 7) is 11.7. The Bertz CT molecular complexity index is 1040. The zero-order chi connectivity index (χ0) is 24.1. The maximum Gasteiger partial charge on any atom is 0.407 e. The van der Waals surface area contributed by atoms with Gasteiger partial charge in [-0.1, -0.05) is 0 Å². The Hall–Kier alpha value is -2.54. The minimum atomic E-state index is -0.451. The van der Waals surface area contributed by atoms with Crippen LogP contribution in [-0.4, -0.2) is 54.1 Å². The lowest BCUT2D eigenvalue weighted by atomic mass is 9.52. The molecule has 2 N–H and O–H groups in total. The standard InChI is InChI=1S/C27H38N4O3/c1-17-15-31(16-18(2)33-17)24-9-6-19-10-20(7-8-23(19)30-24)28-21-11-27(12-21)13-22(14-27)29-25(32)34-26(3,4)5/h6-10,17-18,21-22,28H,11-16H2,1-5H3,(H,29,32)/t17-,18+,21?,22?,27?. The lowest BCUT2D eigenvalue weighted by Gasteiger charge is -2.58. The summed E-state index contributed by atoms with van der Waals surface area (Å²) < 4.78 is 11.2. The Morgan fingerprint density at radius 3 is 2.41 bits per heavy atom. The third-order valence-electron chi connectivity index (χ3n) is 7.23. The predicted octanol–water partition coefficient (Wildman–Crippen LogP) is 5.10. The van der Waals surface area contributed by atoms with Crippen LogP contribution in [0.2, 0.25) is 0 Å². The first-order chi connectivity index (χ1) is 16.1. The highest BCUT2D eigenvalue weighted by Gasteiger charge is 2.53. The number of fused-ring (bicyclic) bond motifs is 1. The molecule has 7 nitrogen and oxygen atoms in total. The molecule has 2 heterocycles. The molecule has 0 unspecified atom stereocenters. The van der Waals surface area contributed by atoms with Crippen LogP contribution in [0.25, 0.3) is 10.9 Å². The molecule has 1 spiro atoms. The summed E-state index contributed by atoms with van der Waals surface area (Å²) in [7, 11) is 0. The van der Waals surface area contributed by atoms with Gasteiger partial charge in [0.2, 0.25) is 0 Å². The maximum atomic E-state index is 12.0. The van der Waals surface area contributed by atoms with Crippen LogP contribution >= 0.6 is 0 Å². The summed E-state index contributed by atoms with van der Waals surface area (Å²) in [5.41, 5.74) is 2.11. The van der Waals surface area contributed by atoms with Crippen LogP contribution in [0, 0.1) is 5.41 Å². The Balaban J connectivity index is 1.12. The van der Waals surface area contributed by atoms with Crippen LogP contribution < -0.4 is 15.5 Å². The van der Waals surface area contributed by atoms with Gasteiger partial charge in [0, 0.05) is 36.2 Å². The SMILES string of the molecule is C[C@@H]1CN(c2ccc3cc(NC4CC5(CC(NC(=O)OC(C)(C)C)C5)C4)ccc3n2)C[C@H](C)O1. The molecule has 2 aromatic rings. The number of carbonyl (C=O) groups is 1. The Labute approximate surface area is 202 Å². The average Bonchev–Trinajstić information content (AvgIpc) is 2.68. The van der Waals surface area contributed by atoms with Crippen molar-refractivity contribution in [3.8, 4) is 0 Å². The number of nitrogens with zero attached hydrogens (tertiary/aromatic N) is 2. The first-order valence-corrected chi connectivity index (χ1v) is 12.6. The number of ether oxygens (including phenoxy) is 2. The number of carbonyl (C=O) groups excluding carboxylic acids is 1. The van der Waals surface area contributed by atoms with Crippen molar-refractivity contribution in [1.29, 1.82) is 0 Å². The van der Waals surface area contributed by atoms with Gasteiger partial charge in [0.1, 0.15) is 11.4 Å². The molecule has 7 heteroatoms. The monoisotopic (exact) mass is 466 g/mol. The van der Waals surface area contributed by atoms with E-state index in [2.05, 4.69) is 59.7 Å². The second kappa shape index (κ2) is 8.59. The second-order valence-corrected chi connectivity index (χ2v) is 11.7. The van der Waals surface area contributed by atoms with Crippen LogP contribution in [0.3, 0.4) is 0 Å². The fraction of sp³-hybridized carbons (Fsp3) is 0.630. The molecule has 0 radical (unpaired) electrons. The first kappa shape index (κ1) is 23.2. The van der Waals surface area contributed by atoms with E-state index >= 15 is 0 Å². The molecule has 1 aromatic heterocycles. The van der Waals surface area contributed by atoms with Crippen molar-refractivity contribution in [2.45, 2.75) is 90.2 Å². The van der Waals surface area contributed by atoms with Crippen molar-refractivity contribution < 1.29 is 14.3 Å². The fourth-order valence-electron chi connectivity index (χ4n) is 5.96. The average molecular weight is 467 g/mol. The molecular formula is C27H38N4O3. The van der Waals surface area contributed by atoms with E-state index in [1.165, 1.54) is 0 Å². The lowest BCUT2D eigenvalue weighted by Crippen LogP contribution is -2.59. The topological polar surface area (TPSA) is 75.7 Å². The number of hydrogen-bond acceptors (Lipinski definition) is 6. The number of hydrogen-bond donors (Lipinski definition) is 2. The van der Waals surface area contributed by atoms with Crippen molar-refractivity contribution in [3.63, 3.8) is 0 Å². The first-order valence-electron chi connectivity index (χ1n) is 12.6. The Morgan fingerprint density at radius 1 is 1.06 bits per heavy atom. The number of pyridine rings is 1. The summed E-state index contributed by atoms with van der Waals surface area (Å²) in [6, 6.07) is 11.5. The van der Waals surface area contributed by atoms with Crippen LogP contribution in [0.1, 0.15) is 60.3 Å². The molecule has 2 saturated carbocycles. The molecule has 3 aliphatic rings. The molecule has 184 valence electrons. The fourth-order valence-corrected chi connectivity index (χ4v) is 5.96. The summed E-state index contributed by atoms with van der Waals surface area (Å²) in [6.07, 6.45) is 4.55. The molecule has 1 saturated heterocycles. The largest absolute Gasteiger partial charge is 0.444 e. The van der Waals surface area contributed by atoms with Crippen LogP contribution in [-0.2, 0) is 9.47 Å². The number of anilines is 2. The summed E-state index contributed by atoms with van der Waals surface area (Å²) in [4.78, 5) is 19.2. The molecule has 0 bridgehead atoms. The molecular weight excluding hydrogens is 428 g/mol. The van der Waals surface area contributed by atoms with Gasteiger partial charge in [0.15, 0.2) is 0 Å². The van der Waals surface area contributed by atoms with Gasteiger partial charge in [0.05, 0.1) is 17.7 Å². The molecule has 2 atom stereocenters. The van der Waals surface area contributed by atoms with E-state index < -0.39 is 5.60 Å². The number of benzene rings is 1. The van der Waals surface area contributed by atoms with Crippen LogP contribution in [0.15, 0.2) is 30.3 Å². The number of alkyl carbamates (subject to hydrolysis) is 1. The summed E-state index contributed by atoms with van der Waals surface area (Å²) >= 11 is 0. The highest BCUT2D eigenvalue weighted by atomic mass is 16.6. The molecule has 5 rings (SSSR count). The number of aromatic nitrogens is 1. The number of nitrogens with one attached hydrogen (secondary N) is 2. The van der Waals surface area contributed by atoms with Gasteiger partial charge in [0.25, 0.3) is 0 Å². The Morgan fingerprint density at radius 2 is 1.74 bits per heavy atom. The molecule has 3 fully saturated rings. The second-order valence-electron chi connectivity index (χ2n) is 11.7. The van der Waals surface area contributed by atoms with Crippen molar-refractivity contribution in [1.82, 2.24) is 10.3 Å². The smallest absolute Gasteiger partial charge is 0.407 e. The van der Waals surface area contributed by atoms with Crippen LogP contribution in [0.4, 0.5) is 16.3 Å². The van der Waals surface area contributed by atoms with Crippen LogP contribution in [0.5, 0.6) is 0 Å². The summed E-state index contributed by atoms with van der Waals surface area (Å²) in [5.74, 6) is 1.02. The van der Waals surface area contributed by atoms with Crippen molar-refractivity contribution in [2.24, 2.45) is 5.41 Å². The van der Waals surface area contributed by atoms with Crippen molar-refractivity contribution >= 4 is 28.5 Å². The zero-order valence-electron chi connectivity index (χ0n) is 21.1. The lowest BCUT2D eigenvalue weighted by molar-refractivity contribution is -0.0178. The van der Waals surface area contributed by atoms with E-state index in [4.69, 9.17) is 14.5 Å². The molecule has 1 aliphatic heterocycles. The van der Waals surface area contributed by atoms with Gasteiger partial charge >= 0.3 is 6.09 Å². The van der Waals surface area contributed by atoms with E-state index in [0.29, 0.717) is 11.5 Å². The number of rotatable bonds is 4. The highest BCUT2D eigenvalue weighted by molar-refractivity contribution is 5.84. The minimum Gasteiger partial charge on any atom is -0.444 e. The van der Waals surface area contributed by atoms with E-state index in [-0.39, 0.29) is 24.3 Å². The van der Waals surface area contributed by atoms with E-state index in [0.717, 1.165) is 61.2 Å². The van der Waals surface area contributed by atoms with Gasteiger partial charge in [-0.3, -0.25) is 0 Å². The third-order valence-corrected chi connectivity index (χ3v) is 7.23. The molecule has 2 aliphatic carbocycles. The van der Waals surface area contributed by atoms with E-state index in [1.807, 2.05) is 20.8 Å². The van der Waals surface area contributed by atoms with Gasteiger partial charge in [-0.05, 0) is 96.0 Å². The maximum absolute atomic E-state index is 12.0. The van der Waals surface area contributed by atoms with Gasteiger partial charge < -0.3 is 25.0 Å². The third kappa shape index (κ3) is 5.09. The molecule has 1 aromatic carbocycles. The van der Waals surface area contributed by atoms with Gasteiger partial charge in [-0.15, -0.1) is 0 Å². The van der Waals surface area contributed by atoms with Crippen molar-refractivity contribution in [2.75, 3.05) is 23.3 Å². The van der Waals surface area contributed by atoms with Crippen molar-refractivity contribution in [3.05, 3.63) is 30.3 Å². The predicted molar refractivity (Wildman–Crippen MR) is 135 cm³/mol. The number of amides is 1.